The molecule has 31 heavy (non-hydrogen) atoms. The fraction of sp³-hybridized carbons (Fsp3) is 0.826. The largest absolute Gasteiger partial charge is 0.448 e. The first-order valence-electron chi connectivity index (χ1n) is 11.3. The van der Waals surface area contributed by atoms with Crippen molar-refractivity contribution in [3.05, 3.63) is 0 Å². The first-order valence-corrected chi connectivity index (χ1v) is 11.3. The molecular weight excluding hydrogens is 400 g/mol. The molecule has 0 aromatic rings. The molecule has 2 amide bonds. The highest BCUT2D eigenvalue weighted by Crippen LogP contribution is 2.66. The van der Waals surface area contributed by atoms with Gasteiger partial charge in [0.2, 0.25) is 0 Å². The van der Waals surface area contributed by atoms with Gasteiger partial charge in [-0.25, -0.2) is 0 Å². The van der Waals surface area contributed by atoms with Crippen LogP contribution in [0.3, 0.4) is 0 Å². The molecule has 2 saturated carbocycles. The summed E-state index contributed by atoms with van der Waals surface area (Å²) in [5.74, 6) is -1.14. The molecule has 0 radical (unpaired) electrons. The second-order valence-electron chi connectivity index (χ2n) is 11.2. The van der Waals surface area contributed by atoms with E-state index in [4.69, 9.17) is 9.47 Å². The molecule has 8 nitrogen and oxygen atoms in total. The Labute approximate surface area is 183 Å². The number of carbonyl (C=O) groups is 4. The molecule has 8 heteroatoms. The number of hydrogen-bond acceptors (Lipinski definition) is 6. The predicted molar refractivity (Wildman–Crippen MR) is 111 cm³/mol. The summed E-state index contributed by atoms with van der Waals surface area (Å²) in [5.41, 5.74) is -4.70. The minimum atomic E-state index is -1.13. The van der Waals surface area contributed by atoms with Gasteiger partial charge in [0, 0.05) is 23.9 Å². The number of hydrogen-bond donors (Lipinski definition) is 2. The van der Waals surface area contributed by atoms with Gasteiger partial charge in [0.05, 0.1) is 10.8 Å². The van der Waals surface area contributed by atoms with E-state index in [-0.39, 0.29) is 23.8 Å². The van der Waals surface area contributed by atoms with Crippen LogP contribution in [0.4, 0.5) is 0 Å². The van der Waals surface area contributed by atoms with Crippen LogP contribution in [0.5, 0.6) is 0 Å². The fourth-order valence-electron chi connectivity index (χ4n) is 6.27. The van der Waals surface area contributed by atoms with Crippen molar-refractivity contribution in [1.82, 2.24) is 10.6 Å². The summed E-state index contributed by atoms with van der Waals surface area (Å²) in [6.07, 6.45) is 2.83. The molecule has 172 valence electrons. The van der Waals surface area contributed by atoms with Gasteiger partial charge in [-0.05, 0) is 46.0 Å². The molecule has 4 rings (SSSR count). The molecule has 2 N–H and O–H groups in total. The number of ether oxygens (including phenoxy) is 2. The van der Waals surface area contributed by atoms with Crippen molar-refractivity contribution in [3.63, 3.8) is 0 Å². The molecule has 2 heterocycles. The van der Waals surface area contributed by atoms with E-state index in [9.17, 15) is 19.2 Å². The van der Waals surface area contributed by atoms with Gasteiger partial charge in [-0.1, -0.05) is 27.7 Å². The normalized spacial score (nSPS) is 41.1. The summed E-state index contributed by atoms with van der Waals surface area (Å²) in [4.78, 5) is 50.6. The molecule has 4 atom stereocenters. The Hall–Kier alpha value is -2.12. The van der Waals surface area contributed by atoms with Crippen molar-refractivity contribution in [1.29, 1.82) is 0 Å². The number of nitrogens with one attached hydrogen (secondary N) is 2. The number of amides is 2. The van der Waals surface area contributed by atoms with E-state index in [1.54, 1.807) is 0 Å². The summed E-state index contributed by atoms with van der Waals surface area (Å²) < 4.78 is 11.2. The topological polar surface area (TPSA) is 111 Å². The zero-order chi connectivity index (χ0) is 23.1. The molecule has 0 spiro atoms. The van der Waals surface area contributed by atoms with Gasteiger partial charge >= 0.3 is 11.9 Å². The highest BCUT2D eigenvalue weighted by Gasteiger charge is 2.76. The van der Waals surface area contributed by atoms with Gasteiger partial charge in [0.1, 0.15) is 0 Å². The van der Waals surface area contributed by atoms with Crippen LogP contribution in [0.15, 0.2) is 0 Å². The third-order valence-electron chi connectivity index (χ3n) is 9.83. The molecule has 0 aromatic carbocycles. The Balaban J connectivity index is 1.30. The van der Waals surface area contributed by atoms with Crippen LogP contribution in [0.1, 0.15) is 73.6 Å². The van der Waals surface area contributed by atoms with Crippen LogP contribution in [-0.2, 0) is 28.7 Å². The SMILES string of the molecule is CC12CCC(C(=O)NCCCNC(=O)[C@]34CC[C@](C)(C(=O)O3)C4(C)C)(OC1=O)C2(C)C. The molecule has 2 unspecified atom stereocenters. The molecule has 2 aliphatic heterocycles. The van der Waals surface area contributed by atoms with Crippen molar-refractivity contribution in [2.75, 3.05) is 13.1 Å². The third kappa shape index (κ3) is 2.31. The highest BCUT2D eigenvalue weighted by molar-refractivity contribution is 5.97. The monoisotopic (exact) mass is 434 g/mol. The van der Waals surface area contributed by atoms with Crippen molar-refractivity contribution in [3.8, 4) is 0 Å². The standard InChI is InChI=1S/C23H34N2O6/c1-18(2)20(5)8-10-22(18,30-16(20)28)14(26)24-12-7-13-25-15(27)23-11-9-21(6,17(29)31-23)19(23,3)4/h7-13H2,1-6H3,(H,24,26)(H,25,27)/t20-,21?,22+,23?/m1/s1. The maximum Gasteiger partial charge on any atom is 0.313 e. The van der Waals surface area contributed by atoms with Crippen LogP contribution >= 0.6 is 0 Å². The predicted octanol–water partition coefficient (Wildman–Crippen LogP) is 1.85. The first-order chi connectivity index (χ1) is 14.2. The van der Waals surface area contributed by atoms with E-state index >= 15 is 0 Å². The van der Waals surface area contributed by atoms with Gasteiger partial charge in [0.15, 0.2) is 11.2 Å². The van der Waals surface area contributed by atoms with E-state index in [2.05, 4.69) is 10.6 Å². The second-order valence-corrected chi connectivity index (χ2v) is 11.2. The molecule has 2 aliphatic carbocycles. The van der Waals surface area contributed by atoms with E-state index in [1.165, 1.54) is 0 Å². The maximum atomic E-state index is 13.0. The zero-order valence-electron chi connectivity index (χ0n) is 19.4. The van der Waals surface area contributed by atoms with Crippen LogP contribution < -0.4 is 10.6 Å². The molecule has 0 aromatic heterocycles. The maximum absolute atomic E-state index is 13.0. The first kappa shape index (κ1) is 22.1. The summed E-state index contributed by atoms with van der Waals surface area (Å²) in [5, 5.41) is 5.78. The minimum absolute atomic E-state index is 0.269. The zero-order valence-corrected chi connectivity index (χ0v) is 19.4. The summed E-state index contributed by atoms with van der Waals surface area (Å²) in [6.45, 7) is 12.1. The Morgan fingerprint density at radius 2 is 1.06 bits per heavy atom. The van der Waals surface area contributed by atoms with Crippen LogP contribution in [0, 0.1) is 21.7 Å². The Morgan fingerprint density at radius 3 is 1.32 bits per heavy atom. The van der Waals surface area contributed by atoms with E-state index in [0.717, 1.165) is 0 Å². The molecule has 4 fully saturated rings. The van der Waals surface area contributed by atoms with E-state index in [0.29, 0.717) is 45.2 Å². The minimum Gasteiger partial charge on any atom is -0.448 e. The van der Waals surface area contributed by atoms with Gasteiger partial charge in [-0.15, -0.1) is 0 Å². The second kappa shape index (κ2) is 6.23. The lowest BCUT2D eigenvalue weighted by Gasteiger charge is -2.35. The highest BCUT2D eigenvalue weighted by atomic mass is 16.6. The van der Waals surface area contributed by atoms with Crippen molar-refractivity contribution in [2.24, 2.45) is 21.7 Å². The average molecular weight is 435 g/mol. The van der Waals surface area contributed by atoms with E-state index in [1.807, 2.05) is 41.5 Å². The molecule has 4 aliphatic rings. The molecular formula is C23H34N2O6. The Morgan fingerprint density at radius 1 is 0.710 bits per heavy atom. The Kier molecular flexibility index (Phi) is 4.44. The summed E-state index contributed by atoms with van der Waals surface area (Å²) in [7, 11) is 0. The number of esters is 2. The molecule has 4 bridgehead atoms. The summed E-state index contributed by atoms with van der Waals surface area (Å²) >= 11 is 0. The summed E-state index contributed by atoms with van der Waals surface area (Å²) in [6, 6.07) is 0. The number of carbonyl (C=O) groups excluding carboxylic acids is 4. The van der Waals surface area contributed by atoms with Gasteiger partial charge in [-0.2, -0.15) is 0 Å². The van der Waals surface area contributed by atoms with Crippen LogP contribution in [-0.4, -0.2) is 48.0 Å². The lowest BCUT2D eigenvalue weighted by Crippen LogP contribution is -2.54. The lowest BCUT2D eigenvalue weighted by atomic mass is 9.66. The third-order valence-corrected chi connectivity index (χ3v) is 9.83. The van der Waals surface area contributed by atoms with Crippen molar-refractivity contribution < 1.29 is 28.7 Å². The quantitative estimate of drug-likeness (QED) is 0.488. The van der Waals surface area contributed by atoms with E-state index < -0.39 is 32.9 Å². The fourth-order valence-corrected chi connectivity index (χ4v) is 6.27. The molecule has 2 saturated heterocycles. The van der Waals surface area contributed by atoms with Crippen molar-refractivity contribution >= 4 is 23.8 Å². The van der Waals surface area contributed by atoms with Gasteiger partial charge in [0.25, 0.3) is 11.8 Å². The smallest absolute Gasteiger partial charge is 0.313 e. The van der Waals surface area contributed by atoms with Crippen molar-refractivity contribution in [2.45, 2.75) is 84.8 Å². The lowest BCUT2D eigenvalue weighted by molar-refractivity contribution is -0.168. The number of fused-ring (bicyclic) bond motifs is 4. The van der Waals surface area contributed by atoms with Gasteiger partial charge < -0.3 is 20.1 Å². The van der Waals surface area contributed by atoms with Crippen LogP contribution in [0.25, 0.3) is 0 Å². The van der Waals surface area contributed by atoms with Crippen LogP contribution in [0.2, 0.25) is 0 Å². The number of rotatable bonds is 6. The average Bonchev–Trinajstić information content (AvgIpc) is 3.15. The van der Waals surface area contributed by atoms with Gasteiger partial charge in [-0.3, -0.25) is 19.2 Å². The Bertz CT molecular complexity index is 811.